The summed E-state index contributed by atoms with van der Waals surface area (Å²) in [5.74, 6) is -8.08. The first-order valence-corrected chi connectivity index (χ1v) is 14.8. The lowest BCUT2D eigenvalue weighted by molar-refractivity contribution is -0.151. The van der Waals surface area contributed by atoms with Crippen LogP contribution in [-0.2, 0) is 36.7 Å². The monoisotopic (exact) mass is 660 g/mol. The van der Waals surface area contributed by atoms with E-state index in [-0.39, 0.29) is 37.6 Å². The molecular weight excluding hydrogens is 631 g/mol. The minimum absolute atomic E-state index is 0.196. The molecule has 2 saturated heterocycles. The van der Waals surface area contributed by atoms with Crippen molar-refractivity contribution < 1.29 is 55.2 Å². The maximum atomic E-state index is 16.3. The number of barbiturate groups is 1. The molecule has 2 N–H and O–H groups in total. The van der Waals surface area contributed by atoms with Crippen LogP contribution in [0.4, 0.5) is 26.7 Å². The zero-order chi connectivity index (χ0) is 33.3. The highest BCUT2D eigenvalue weighted by molar-refractivity contribution is 7.90. The number of aromatic nitrogens is 1. The molecule has 4 rings (SSSR count). The van der Waals surface area contributed by atoms with E-state index in [4.69, 9.17) is 9.47 Å². The number of nitrogens with one attached hydrogen (secondary N) is 2. The van der Waals surface area contributed by atoms with Gasteiger partial charge in [0, 0.05) is 36.2 Å². The van der Waals surface area contributed by atoms with E-state index in [1.165, 1.54) is 20.8 Å². The summed E-state index contributed by atoms with van der Waals surface area (Å²) in [6.07, 6.45) is -6.38. The lowest BCUT2D eigenvalue weighted by atomic mass is 9.89. The van der Waals surface area contributed by atoms with Crippen molar-refractivity contribution in [1.29, 1.82) is 0 Å². The molecule has 0 bridgehead atoms. The molecule has 3 heterocycles. The highest BCUT2D eigenvalue weighted by atomic mass is 32.2. The van der Waals surface area contributed by atoms with Crippen LogP contribution in [0.3, 0.4) is 0 Å². The first-order chi connectivity index (χ1) is 21.0. The smallest absolute Gasteiger partial charge is 0.433 e. The summed E-state index contributed by atoms with van der Waals surface area (Å²) in [6.45, 7) is 4.91. The predicted molar refractivity (Wildman–Crippen MR) is 147 cm³/mol. The number of carbonyl (C=O) groups is 4. The molecule has 0 saturated carbocycles. The molecule has 45 heavy (non-hydrogen) atoms. The Balaban J connectivity index is 1.66. The molecule has 0 radical (unpaired) electrons. The van der Waals surface area contributed by atoms with Gasteiger partial charge in [-0.3, -0.25) is 24.6 Å². The van der Waals surface area contributed by atoms with Crippen molar-refractivity contribution in [2.75, 3.05) is 13.2 Å². The van der Waals surface area contributed by atoms with Gasteiger partial charge in [-0.1, -0.05) is 0 Å². The summed E-state index contributed by atoms with van der Waals surface area (Å²) in [4.78, 5) is 56.0. The molecule has 1 aromatic heterocycles. The number of amides is 4. The van der Waals surface area contributed by atoms with Crippen molar-refractivity contribution in [3.63, 3.8) is 0 Å². The third-order valence-electron chi connectivity index (χ3n) is 6.96. The fourth-order valence-electron chi connectivity index (χ4n) is 4.59. The van der Waals surface area contributed by atoms with Gasteiger partial charge in [0.1, 0.15) is 33.8 Å². The van der Waals surface area contributed by atoms with Crippen LogP contribution in [0, 0.1) is 11.7 Å². The first kappa shape index (κ1) is 34.2. The Morgan fingerprint density at radius 3 is 2.36 bits per heavy atom. The first-order valence-electron chi connectivity index (χ1n) is 13.6. The average Bonchev–Trinajstić information content (AvgIpc) is 2.96. The molecule has 0 spiro atoms. The summed E-state index contributed by atoms with van der Waals surface area (Å²) < 4.78 is 95.1. The average molecular weight is 661 g/mol. The Morgan fingerprint density at radius 2 is 1.78 bits per heavy atom. The van der Waals surface area contributed by atoms with Crippen LogP contribution < -0.4 is 14.8 Å². The maximum absolute atomic E-state index is 16.3. The molecular formula is C28H29F5N4O7S. The third kappa shape index (κ3) is 7.77. The van der Waals surface area contributed by atoms with Crippen molar-refractivity contribution in [1.82, 2.24) is 19.9 Å². The fourth-order valence-corrected chi connectivity index (χ4v) is 5.42. The zero-order valence-corrected chi connectivity index (χ0v) is 25.0. The van der Waals surface area contributed by atoms with Gasteiger partial charge in [0.05, 0.1) is 6.20 Å². The van der Waals surface area contributed by atoms with Gasteiger partial charge >= 0.3 is 12.2 Å². The quantitative estimate of drug-likeness (QED) is 0.232. The summed E-state index contributed by atoms with van der Waals surface area (Å²) >= 11 is -2.14. The molecule has 2 aliphatic rings. The van der Waals surface area contributed by atoms with Crippen LogP contribution in [0.25, 0.3) is 0 Å². The van der Waals surface area contributed by atoms with E-state index < -0.39 is 87.2 Å². The summed E-state index contributed by atoms with van der Waals surface area (Å²) in [5, 5.41) is 1.90. The molecule has 11 nitrogen and oxygen atoms in total. The number of imide groups is 2. The van der Waals surface area contributed by atoms with E-state index in [9.17, 15) is 36.9 Å². The molecule has 4 atom stereocenters. The second-order valence-electron chi connectivity index (χ2n) is 11.2. The van der Waals surface area contributed by atoms with Crippen LogP contribution in [0.1, 0.15) is 50.9 Å². The Morgan fingerprint density at radius 1 is 1.13 bits per heavy atom. The topological polar surface area (TPSA) is 150 Å². The van der Waals surface area contributed by atoms with E-state index >= 15 is 8.78 Å². The van der Waals surface area contributed by atoms with Crippen molar-refractivity contribution >= 4 is 35.0 Å². The van der Waals surface area contributed by atoms with Crippen LogP contribution in [0.15, 0.2) is 36.5 Å². The number of halogens is 5. The van der Waals surface area contributed by atoms with Gasteiger partial charge in [0.2, 0.25) is 5.91 Å². The van der Waals surface area contributed by atoms with E-state index in [0.717, 1.165) is 30.5 Å². The second-order valence-corrected chi connectivity index (χ2v) is 13.2. The maximum Gasteiger partial charge on any atom is 0.433 e. The molecule has 4 amide bonds. The summed E-state index contributed by atoms with van der Waals surface area (Å²) in [5.41, 5.74) is -1.80. The van der Waals surface area contributed by atoms with E-state index in [1.807, 2.05) is 5.32 Å². The molecule has 2 aliphatic heterocycles. The van der Waals surface area contributed by atoms with Crippen LogP contribution in [0.5, 0.6) is 11.5 Å². The third-order valence-corrected chi connectivity index (χ3v) is 8.54. The number of urea groups is 1. The van der Waals surface area contributed by atoms with Gasteiger partial charge in [-0.2, -0.15) is 13.2 Å². The minimum atomic E-state index is -4.71. The molecule has 0 unspecified atom stereocenters. The summed E-state index contributed by atoms with van der Waals surface area (Å²) in [6, 6.07) is 0.551. The Hall–Kier alpha value is -3.67. The number of Topliss-reactive ketones (excluding diaryl/α,β-unsaturated/α-hetero) is 1. The van der Waals surface area contributed by atoms with E-state index in [2.05, 4.69) is 9.71 Å². The number of benzene rings is 1. The standard InChI is InChI=1S/C28H29F5N4O7S/c1-27(2,3)45(42)36-22(17-12-15(4-6-18(17)29)44-16-5-7-19(34-13-16)28(31,32)33)21(30)23(38)20-24(39)35-26(41)37(25(20)40)14-8-10-43-11-9-14/h4-7,12-14,20-22,36H,8-11H2,1-3H3,(H,35,39,41)/t20-,21-,22+,45-/m1/s1. The lowest BCUT2D eigenvalue weighted by Crippen LogP contribution is -2.64. The molecule has 2 fully saturated rings. The Labute approximate surface area is 257 Å². The largest absolute Gasteiger partial charge is 0.598 e. The van der Waals surface area contributed by atoms with E-state index in [1.54, 1.807) is 0 Å². The fraction of sp³-hybridized carbons (Fsp3) is 0.464. The number of alkyl halides is 4. The molecule has 244 valence electrons. The SMILES string of the molecule is CC(C)(C)[S@@+]([O-])N[C@@H](c1cc(Oc2ccc(C(F)(F)F)nc2)ccc1F)[C@@H](F)C(=O)[C@@H]1C(=O)NC(=O)N(C2CCOCC2)C1=O. The highest BCUT2D eigenvalue weighted by Gasteiger charge is 2.51. The normalized spacial score (nSPS) is 20.4. The Kier molecular flexibility index (Phi) is 10.2. The van der Waals surface area contributed by atoms with Crippen LogP contribution in [0.2, 0.25) is 0 Å². The molecule has 17 heteroatoms. The molecule has 1 aromatic carbocycles. The van der Waals surface area contributed by atoms with Gasteiger partial charge < -0.3 is 14.0 Å². The van der Waals surface area contributed by atoms with Crippen molar-refractivity contribution in [3.8, 4) is 11.5 Å². The van der Waals surface area contributed by atoms with Gasteiger partial charge in [-0.05, 0) is 63.9 Å². The van der Waals surface area contributed by atoms with Gasteiger partial charge in [0.15, 0.2) is 17.9 Å². The number of hydrogen-bond donors (Lipinski definition) is 2. The van der Waals surface area contributed by atoms with Gasteiger partial charge in [0.25, 0.3) is 5.91 Å². The minimum Gasteiger partial charge on any atom is -0.598 e. The van der Waals surface area contributed by atoms with Crippen molar-refractivity contribution in [3.05, 3.63) is 53.6 Å². The van der Waals surface area contributed by atoms with Crippen molar-refractivity contribution in [2.45, 2.75) is 62.8 Å². The second kappa shape index (κ2) is 13.4. The number of carbonyl (C=O) groups excluding carboxylic acids is 4. The zero-order valence-electron chi connectivity index (χ0n) is 24.2. The highest BCUT2D eigenvalue weighted by Crippen LogP contribution is 2.34. The summed E-state index contributed by atoms with van der Waals surface area (Å²) in [7, 11) is 0. The number of hydrogen-bond acceptors (Lipinski definition) is 9. The predicted octanol–water partition coefficient (Wildman–Crippen LogP) is 3.91. The van der Waals surface area contributed by atoms with Gasteiger partial charge in [-0.25, -0.2) is 18.6 Å². The molecule has 2 aromatic rings. The number of pyridine rings is 1. The van der Waals surface area contributed by atoms with E-state index in [0.29, 0.717) is 11.0 Å². The number of ketones is 1. The van der Waals surface area contributed by atoms with Crippen LogP contribution >= 0.6 is 0 Å². The van der Waals surface area contributed by atoms with Crippen LogP contribution in [-0.4, -0.2) is 68.2 Å². The number of nitrogens with zero attached hydrogens (tertiary/aromatic N) is 2. The van der Waals surface area contributed by atoms with Crippen molar-refractivity contribution in [2.24, 2.45) is 5.92 Å². The lowest BCUT2D eigenvalue weighted by Gasteiger charge is -2.37. The Bertz CT molecular complexity index is 1450. The molecule has 0 aliphatic carbocycles. The number of ether oxygens (including phenoxy) is 2. The van der Waals surface area contributed by atoms with Gasteiger partial charge in [-0.15, -0.1) is 4.72 Å². The number of rotatable bonds is 9.